The predicted molar refractivity (Wildman–Crippen MR) is 65.9 cm³/mol. The van der Waals surface area contributed by atoms with Crippen molar-refractivity contribution < 1.29 is 4.79 Å². The summed E-state index contributed by atoms with van der Waals surface area (Å²) < 4.78 is 0.982. The Labute approximate surface area is 99.2 Å². The number of hydrogen-bond donors (Lipinski definition) is 1. The van der Waals surface area contributed by atoms with Gasteiger partial charge in [-0.05, 0) is 37.1 Å². The van der Waals surface area contributed by atoms with Crippen molar-refractivity contribution in [3.05, 3.63) is 34.3 Å². The maximum atomic E-state index is 11.7. The summed E-state index contributed by atoms with van der Waals surface area (Å²) >= 11 is 3.34. The summed E-state index contributed by atoms with van der Waals surface area (Å²) in [5, 5.41) is 2.96. The zero-order chi connectivity index (χ0) is 11.4. The molecule has 1 rings (SSSR count). The number of hydrogen-bond acceptors (Lipinski definition) is 1. The number of rotatable bonds is 3. The van der Waals surface area contributed by atoms with Gasteiger partial charge in [-0.25, -0.2) is 0 Å². The highest BCUT2D eigenvalue weighted by Crippen LogP contribution is 2.11. The molecular weight excluding hydrogens is 254 g/mol. The minimum absolute atomic E-state index is 0.0105. The summed E-state index contributed by atoms with van der Waals surface area (Å²) in [6.07, 6.45) is 0. The summed E-state index contributed by atoms with van der Waals surface area (Å²) in [7, 11) is 0. The highest BCUT2D eigenvalue weighted by atomic mass is 79.9. The number of nitrogens with one attached hydrogen (secondary N) is 1. The zero-order valence-corrected chi connectivity index (χ0v) is 10.8. The van der Waals surface area contributed by atoms with Crippen LogP contribution in [0.15, 0.2) is 28.7 Å². The fraction of sp³-hybridized carbons (Fsp3) is 0.417. The molecule has 0 aliphatic carbocycles. The standard InChI is InChI=1S/C12H16BrNO/c1-8(2)9(3)14-12(15)10-4-6-11(13)7-5-10/h4-9H,1-3H3,(H,14,15). The maximum Gasteiger partial charge on any atom is 0.251 e. The molecule has 1 aromatic rings. The topological polar surface area (TPSA) is 29.1 Å². The smallest absolute Gasteiger partial charge is 0.251 e. The van der Waals surface area contributed by atoms with Crippen molar-refractivity contribution in [1.29, 1.82) is 0 Å². The minimum atomic E-state index is -0.0105. The molecule has 0 aliphatic rings. The molecule has 0 radical (unpaired) electrons. The Kier molecular flexibility index (Phi) is 4.33. The van der Waals surface area contributed by atoms with Crippen molar-refractivity contribution in [2.45, 2.75) is 26.8 Å². The first kappa shape index (κ1) is 12.2. The molecule has 1 atom stereocenters. The van der Waals surface area contributed by atoms with Crippen molar-refractivity contribution in [3.8, 4) is 0 Å². The number of carbonyl (C=O) groups excluding carboxylic acids is 1. The molecule has 0 spiro atoms. The number of benzene rings is 1. The SMILES string of the molecule is CC(C)C(C)NC(=O)c1ccc(Br)cc1. The normalized spacial score (nSPS) is 12.6. The van der Waals surface area contributed by atoms with Gasteiger partial charge in [0.05, 0.1) is 0 Å². The van der Waals surface area contributed by atoms with Crippen molar-refractivity contribution in [1.82, 2.24) is 5.32 Å². The van der Waals surface area contributed by atoms with Gasteiger partial charge in [0.1, 0.15) is 0 Å². The van der Waals surface area contributed by atoms with Crippen molar-refractivity contribution in [3.63, 3.8) is 0 Å². The molecule has 0 saturated carbocycles. The van der Waals surface area contributed by atoms with Crippen LogP contribution in [0, 0.1) is 5.92 Å². The van der Waals surface area contributed by atoms with Crippen LogP contribution in [0.25, 0.3) is 0 Å². The average molecular weight is 270 g/mol. The van der Waals surface area contributed by atoms with Crippen LogP contribution < -0.4 is 5.32 Å². The second kappa shape index (κ2) is 5.31. The van der Waals surface area contributed by atoms with E-state index < -0.39 is 0 Å². The molecule has 0 fully saturated rings. The van der Waals surface area contributed by atoms with Crippen molar-refractivity contribution in [2.24, 2.45) is 5.92 Å². The van der Waals surface area contributed by atoms with Gasteiger partial charge < -0.3 is 5.32 Å². The van der Waals surface area contributed by atoms with Gasteiger partial charge in [-0.1, -0.05) is 29.8 Å². The number of halogens is 1. The summed E-state index contributed by atoms with van der Waals surface area (Å²) in [5.74, 6) is 0.438. The van der Waals surface area contributed by atoms with Gasteiger partial charge in [-0.3, -0.25) is 4.79 Å². The van der Waals surface area contributed by atoms with Gasteiger partial charge in [0.2, 0.25) is 0 Å². The van der Waals surface area contributed by atoms with Crippen LogP contribution >= 0.6 is 15.9 Å². The molecule has 0 heterocycles. The molecule has 15 heavy (non-hydrogen) atoms. The highest BCUT2D eigenvalue weighted by molar-refractivity contribution is 9.10. The summed E-state index contributed by atoms with van der Waals surface area (Å²) in [6, 6.07) is 7.56. The Morgan fingerprint density at radius 2 is 1.73 bits per heavy atom. The van der Waals surface area contributed by atoms with E-state index in [9.17, 15) is 4.79 Å². The molecule has 2 nitrogen and oxygen atoms in total. The van der Waals surface area contributed by atoms with Crippen LogP contribution in [-0.2, 0) is 0 Å². The van der Waals surface area contributed by atoms with E-state index in [1.54, 1.807) is 0 Å². The van der Waals surface area contributed by atoms with E-state index in [0.717, 1.165) is 4.47 Å². The fourth-order valence-corrected chi connectivity index (χ4v) is 1.32. The van der Waals surface area contributed by atoms with Crippen LogP contribution in [0.4, 0.5) is 0 Å². The molecule has 0 bridgehead atoms. The first-order valence-corrected chi connectivity index (χ1v) is 5.86. The van der Waals surface area contributed by atoms with Crippen LogP contribution in [0.2, 0.25) is 0 Å². The number of carbonyl (C=O) groups is 1. The Morgan fingerprint density at radius 1 is 1.20 bits per heavy atom. The Morgan fingerprint density at radius 3 is 2.20 bits per heavy atom. The Bertz CT molecular complexity index is 332. The van der Waals surface area contributed by atoms with E-state index in [1.807, 2.05) is 31.2 Å². The third-order valence-corrected chi connectivity index (χ3v) is 2.99. The largest absolute Gasteiger partial charge is 0.349 e. The van der Waals surface area contributed by atoms with E-state index >= 15 is 0 Å². The van der Waals surface area contributed by atoms with E-state index in [1.165, 1.54) is 0 Å². The van der Waals surface area contributed by atoms with Gasteiger partial charge in [0, 0.05) is 16.1 Å². The monoisotopic (exact) mass is 269 g/mol. The second-order valence-electron chi connectivity index (χ2n) is 4.01. The summed E-state index contributed by atoms with van der Waals surface area (Å²) in [4.78, 5) is 11.7. The third-order valence-electron chi connectivity index (χ3n) is 2.47. The van der Waals surface area contributed by atoms with Gasteiger partial charge >= 0.3 is 0 Å². The minimum Gasteiger partial charge on any atom is -0.349 e. The van der Waals surface area contributed by atoms with Gasteiger partial charge in [0.15, 0.2) is 0 Å². The van der Waals surface area contributed by atoms with Gasteiger partial charge in [-0.2, -0.15) is 0 Å². The quantitative estimate of drug-likeness (QED) is 0.897. The van der Waals surface area contributed by atoms with E-state index in [-0.39, 0.29) is 11.9 Å². The first-order chi connectivity index (χ1) is 7.00. The molecule has 82 valence electrons. The van der Waals surface area contributed by atoms with Crippen LogP contribution in [0.5, 0.6) is 0 Å². The zero-order valence-electron chi connectivity index (χ0n) is 9.25. The molecule has 1 amide bonds. The molecule has 3 heteroatoms. The molecule has 0 saturated heterocycles. The maximum absolute atomic E-state index is 11.7. The lowest BCUT2D eigenvalue weighted by Crippen LogP contribution is -2.36. The molecule has 0 aliphatic heterocycles. The molecule has 1 unspecified atom stereocenters. The first-order valence-electron chi connectivity index (χ1n) is 5.07. The lowest BCUT2D eigenvalue weighted by Gasteiger charge is -2.17. The lowest BCUT2D eigenvalue weighted by atomic mass is 10.1. The average Bonchev–Trinajstić information content (AvgIpc) is 2.18. The van der Waals surface area contributed by atoms with Crippen molar-refractivity contribution in [2.75, 3.05) is 0 Å². The summed E-state index contributed by atoms with van der Waals surface area (Å²) in [6.45, 7) is 6.19. The van der Waals surface area contributed by atoms with Gasteiger partial charge in [-0.15, -0.1) is 0 Å². The lowest BCUT2D eigenvalue weighted by molar-refractivity contribution is 0.0930. The highest BCUT2D eigenvalue weighted by Gasteiger charge is 2.11. The van der Waals surface area contributed by atoms with E-state index in [2.05, 4.69) is 35.1 Å². The fourth-order valence-electron chi connectivity index (χ4n) is 1.06. The predicted octanol–water partition coefficient (Wildman–Crippen LogP) is 3.22. The summed E-state index contributed by atoms with van der Waals surface area (Å²) in [5.41, 5.74) is 0.700. The van der Waals surface area contributed by atoms with Crippen molar-refractivity contribution >= 4 is 21.8 Å². The molecule has 1 aromatic carbocycles. The van der Waals surface area contributed by atoms with Crippen LogP contribution in [0.1, 0.15) is 31.1 Å². The third kappa shape index (κ3) is 3.67. The molecule has 0 aromatic heterocycles. The Balaban J connectivity index is 2.65. The van der Waals surface area contributed by atoms with E-state index in [0.29, 0.717) is 11.5 Å². The second-order valence-corrected chi connectivity index (χ2v) is 4.93. The van der Waals surface area contributed by atoms with Crippen LogP contribution in [0.3, 0.4) is 0 Å². The molecule has 1 N–H and O–H groups in total. The van der Waals surface area contributed by atoms with Crippen LogP contribution in [-0.4, -0.2) is 11.9 Å². The number of amides is 1. The Hall–Kier alpha value is -0.830. The molecular formula is C12H16BrNO. The van der Waals surface area contributed by atoms with E-state index in [4.69, 9.17) is 0 Å². The van der Waals surface area contributed by atoms with Gasteiger partial charge in [0.25, 0.3) is 5.91 Å².